The lowest BCUT2D eigenvalue weighted by molar-refractivity contribution is 1.30. The molecule has 0 atom stereocenters. The van der Waals surface area contributed by atoms with Gasteiger partial charge in [0.1, 0.15) is 0 Å². The van der Waals surface area contributed by atoms with Crippen molar-refractivity contribution in [3.63, 3.8) is 0 Å². The van der Waals surface area contributed by atoms with Crippen LogP contribution in [-0.4, -0.2) is 0 Å². The molecule has 1 aromatic heterocycles. The molecule has 0 spiro atoms. The van der Waals surface area contributed by atoms with Crippen molar-refractivity contribution in [3.05, 3.63) is 176 Å². The third kappa shape index (κ3) is 4.17. The minimum absolute atomic E-state index is 1.13. The Morgan fingerprint density at radius 3 is 1.85 bits per heavy atom. The Morgan fingerprint density at radius 1 is 0.354 bits per heavy atom. The number of hydrogen-bond acceptors (Lipinski definition) is 2. The fourth-order valence-corrected chi connectivity index (χ4v) is 8.90. The summed E-state index contributed by atoms with van der Waals surface area (Å²) < 4.78 is 2.65. The Labute approximate surface area is 282 Å². The van der Waals surface area contributed by atoms with Gasteiger partial charge in [-0.3, -0.25) is 0 Å². The van der Waals surface area contributed by atoms with Crippen LogP contribution in [0.1, 0.15) is 0 Å². The monoisotopic (exact) mass is 627 g/mol. The number of benzene rings is 9. The van der Waals surface area contributed by atoms with Gasteiger partial charge in [-0.05, 0) is 85.2 Å². The van der Waals surface area contributed by atoms with Gasteiger partial charge in [-0.2, -0.15) is 0 Å². The minimum atomic E-state index is 1.13. The smallest absolute Gasteiger partial charge is 0.0554 e. The molecule has 0 bridgehead atoms. The van der Waals surface area contributed by atoms with Crippen molar-refractivity contribution in [2.75, 3.05) is 4.90 Å². The molecule has 0 N–H and O–H groups in total. The molecule has 0 aliphatic rings. The highest BCUT2D eigenvalue weighted by Gasteiger charge is 2.19. The Kier molecular flexibility index (Phi) is 6.12. The molecule has 2 heteroatoms. The third-order valence-corrected chi connectivity index (χ3v) is 11.0. The highest BCUT2D eigenvalue weighted by atomic mass is 32.1. The van der Waals surface area contributed by atoms with E-state index in [1.165, 1.54) is 80.1 Å². The van der Waals surface area contributed by atoms with Crippen molar-refractivity contribution >= 4 is 91.7 Å². The van der Waals surface area contributed by atoms with Gasteiger partial charge in [-0.25, -0.2) is 0 Å². The van der Waals surface area contributed by atoms with E-state index in [1.54, 1.807) is 0 Å². The largest absolute Gasteiger partial charge is 0.310 e. The Morgan fingerprint density at radius 2 is 0.979 bits per heavy atom. The molecule has 0 radical (unpaired) electrons. The molecule has 48 heavy (non-hydrogen) atoms. The average Bonchev–Trinajstić information content (AvgIpc) is 3.54. The van der Waals surface area contributed by atoms with E-state index in [4.69, 9.17) is 0 Å². The number of nitrogens with zero attached hydrogens (tertiary/aromatic N) is 1. The van der Waals surface area contributed by atoms with E-state index in [0.717, 1.165) is 11.4 Å². The molecule has 10 rings (SSSR count). The highest BCUT2D eigenvalue weighted by Crippen LogP contribution is 2.46. The first-order valence-electron chi connectivity index (χ1n) is 16.4. The van der Waals surface area contributed by atoms with Crippen LogP contribution in [0.5, 0.6) is 0 Å². The molecule has 9 aromatic carbocycles. The summed E-state index contributed by atoms with van der Waals surface area (Å²) in [5.74, 6) is 0. The van der Waals surface area contributed by atoms with Gasteiger partial charge in [0.15, 0.2) is 0 Å². The van der Waals surface area contributed by atoms with E-state index in [1.807, 2.05) is 11.3 Å². The second-order valence-electron chi connectivity index (χ2n) is 12.5. The Hall–Kier alpha value is -5.96. The average molecular weight is 628 g/mol. The van der Waals surface area contributed by atoms with Crippen LogP contribution in [0, 0.1) is 0 Å². The molecule has 0 aliphatic carbocycles. The Bertz CT molecular complexity index is 2830. The standard InChI is InChI=1S/C46H29NS/c1-2-12-34(13-3-1)47(42-18-8-11-32-25-29-41-39-15-6-7-19-43(39)48-46(41)45(32)42)35-26-22-31(23-27-35)36-16-9-17-40-38(36)28-24-33-21-20-30-10-4-5-14-37(30)44(33)40/h1-29H. The molecule has 1 heterocycles. The summed E-state index contributed by atoms with van der Waals surface area (Å²) in [7, 11) is 0. The number of fused-ring (bicyclic) bond motifs is 10. The molecule has 1 nitrogen and oxygen atoms in total. The fourth-order valence-electron chi connectivity index (χ4n) is 7.63. The normalized spacial score (nSPS) is 11.8. The summed E-state index contributed by atoms with van der Waals surface area (Å²) in [6.45, 7) is 0. The van der Waals surface area contributed by atoms with E-state index >= 15 is 0 Å². The van der Waals surface area contributed by atoms with Crippen molar-refractivity contribution in [2.45, 2.75) is 0 Å². The molecule has 0 saturated carbocycles. The van der Waals surface area contributed by atoms with Crippen LogP contribution < -0.4 is 4.90 Å². The maximum absolute atomic E-state index is 2.42. The lowest BCUT2D eigenvalue weighted by Crippen LogP contribution is -2.10. The minimum Gasteiger partial charge on any atom is -0.310 e. The molecule has 0 unspecified atom stereocenters. The number of rotatable bonds is 4. The second kappa shape index (κ2) is 10.8. The van der Waals surface area contributed by atoms with Gasteiger partial charge in [-0.1, -0.05) is 140 Å². The van der Waals surface area contributed by atoms with E-state index in [0.29, 0.717) is 0 Å². The van der Waals surface area contributed by atoms with Crippen LogP contribution in [0.2, 0.25) is 0 Å². The molecular weight excluding hydrogens is 599 g/mol. The zero-order chi connectivity index (χ0) is 31.6. The van der Waals surface area contributed by atoms with E-state index in [9.17, 15) is 0 Å². The van der Waals surface area contributed by atoms with Crippen LogP contribution in [0.4, 0.5) is 17.1 Å². The van der Waals surface area contributed by atoms with E-state index in [-0.39, 0.29) is 0 Å². The van der Waals surface area contributed by atoms with Gasteiger partial charge in [0.2, 0.25) is 0 Å². The van der Waals surface area contributed by atoms with Gasteiger partial charge in [0.25, 0.3) is 0 Å². The highest BCUT2D eigenvalue weighted by molar-refractivity contribution is 7.26. The number of thiophene rings is 1. The third-order valence-electron chi connectivity index (χ3n) is 9.82. The summed E-state index contributed by atoms with van der Waals surface area (Å²) in [6, 6.07) is 64.4. The maximum atomic E-state index is 2.42. The van der Waals surface area contributed by atoms with Gasteiger partial charge < -0.3 is 4.90 Å². The van der Waals surface area contributed by atoms with Crippen molar-refractivity contribution in [1.82, 2.24) is 0 Å². The van der Waals surface area contributed by atoms with Crippen molar-refractivity contribution in [3.8, 4) is 11.1 Å². The van der Waals surface area contributed by atoms with Crippen molar-refractivity contribution < 1.29 is 0 Å². The fraction of sp³-hybridized carbons (Fsp3) is 0. The summed E-state index contributed by atoms with van der Waals surface area (Å²) in [5, 5.41) is 12.9. The van der Waals surface area contributed by atoms with E-state index in [2.05, 4.69) is 181 Å². The van der Waals surface area contributed by atoms with Crippen LogP contribution >= 0.6 is 11.3 Å². The zero-order valence-electron chi connectivity index (χ0n) is 26.1. The molecular formula is C46H29NS. The predicted molar refractivity (Wildman–Crippen MR) is 209 cm³/mol. The molecule has 224 valence electrons. The summed E-state index contributed by atoms with van der Waals surface area (Å²) in [5.41, 5.74) is 5.91. The van der Waals surface area contributed by atoms with Gasteiger partial charge in [-0.15, -0.1) is 11.3 Å². The van der Waals surface area contributed by atoms with Gasteiger partial charge in [0, 0.05) is 36.9 Å². The molecule has 10 aromatic rings. The quantitative estimate of drug-likeness (QED) is 0.176. The van der Waals surface area contributed by atoms with Crippen LogP contribution in [0.3, 0.4) is 0 Å². The number of hydrogen-bond donors (Lipinski definition) is 0. The van der Waals surface area contributed by atoms with Gasteiger partial charge in [0.05, 0.1) is 5.69 Å². The van der Waals surface area contributed by atoms with Crippen molar-refractivity contribution in [2.24, 2.45) is 0 Å². The lowest BCUT2D eigenvalue weighted by atomic mass is 9.92. The molecule has 0 amide bonds. The molecule has 0 saturated heterocycles. The maximum Gasteiger partial charge on any atom is 0.0554 e. The first-order chi connectivity index (χ1) is 23.8. The predicted octanol–water partition coefficient (Wildman–Crippen LogP) is 13.8. The molecule has 0 fully saturated rings. The first kappa shape index (κ1) is 27.2. The second-order valence-corrected chi connectivity index (χ2v) is 13.5. The topological polar surface area (TPSA) is 3.24 Å². The van der Waals surface area contributed by atoms with Gasteiger partial charge >= 0.3 is 0 Å². The van der Waals surface area contributed by atoms with Crippen molar-refractivity contribution in [1.29, 1.82) is 0 Å². The first-order valence-corrected chi connectivity index (χ1v) is 17.3. The number of anilines is 3. The summed E-state index contributed by atoms with van der Waals surface area (Å²) in [6.07, 6.45) is 0. The van der Waals surface area contributed by atoms with E-state index < -0.39 is 0 Å². The summed E-state index contributed by atoms with van der Waals surface area (Å²) >= 11 is 1.89. The summed E-state index contributed by atoms with van der Waals surface area (Å²) in [4.78, 5) is 2.42. The SMILES string of the molecule is c1ccc(N(c2ccc(-c3cccc4c3ccc3ccc5ccccc5c34)cc2)c2cccc3ccc4c5ccccc5sc4c23)cc1. The number of para-hydroxylation sites is 1. The zero-order valence-corrected chi connectivity index (χ0v) is 26.9. The van der Waals surface area contributed by atoms with Crippen LogP contribution in [0.25, 0.3) is 74.4 Å². The Balaban J connectivity index is 1.16. The molecule has 0 aliphatic heterocycles. The van der Waals surface area contributed by atoms with Crippen LogP contribution in [0.15, 0.2) is 176 Å². The lowest BCUT2D eigenvalue weighted by Gasteiger charge is -2.27. The van der Waals surface area contributed by atoms with Crippen LogP contribution in [-0.2, 0) is 0 Å².